The Morgan fingerprint density at radius 1 is 0.966 bits per heavy atom. The number of nitrogens with one attached hydrogen (secondary N) is 1. The van der Waals surface area contributed by atoms with Crippen LogP contribution in [0, 0.1) is 0 Å². The molecule has 1 N–H and O–H groups in total. The van der Waals surface area contributed by atoms with Crippen molar-refractivity contribution < 1.29 is 33.0 Å². The summed E-state index contributed by atoms with van der Waals surface area (Å²) in [6, 6.07) is 13.3. The van der Waals surface area contributed by atoms with Gasteiger partial charge in [-0.05, 0) is 30.3 Å². The van der Waals surface area contributed by atoms with E-state index in [2.05, 4.69) is 10.1 Å². The maximum Gasteiger partial charge on any atom is 0.375 e. The highest BCUT2D eigenvalue weighted by atomic mass is 16.5. The first-order valence-corrected chi connectivity index (χ1v) is 8.68. The Kier molecular flexibility index (Phi) is 6.25. The predicted octanol–water partition coefficient (Wildman–Crippen LogP) is 3.16. The van der Waals surface area contributed by atoms with Crippen molar-refractivity contribution in [2.45, 2.75) is 6.61 Å². The Bertz CT molecular complexity index is 1040. The summed E-state index contributed by atoms with van der Waals surface area (Å²) in [6.45, 7) is -0.332. The third-order valence-electron chi connectivity index (χ3n) is 4.10. The molecule has 0 bridgehead atoms. The molecule has 3 rings (SSSR count). The Morgan fingerprint density at radius 2 is 1.69 bits per heavy atom. The molecule has 150 valence electrons. The lowest BCUT2D eigenvalue weighted by Crippen LogP contribution is -2.21. The third-order valence-corrected chi connectivity index (χ3v) is 4.10. The van der Waals surface area contributed by atoms with Gasteiger partial charge in [0.15, 0.2) is 6.61 Å². The molecule has 0 unspecified atom stereocenters. The Balaban J connectivity index is 1.63. The van der Waals surface area contributed by atoms with Gasteiger partial charge >= 0.3 is 11.9 Å². The van der Waals surface area contributed by atoms with Gasteiger partial charge in [0.05, 0.1) is 19.3 Å². The number of amides is 1. The van der Waals surface area contributed by atoms with Gasteiger partial charge in [0.1, 0.15) is 5.58 Å². The van der Waals surface area contributed by atoms with Gasteiger partial charge in [-0.25, -0.2) is 9.59 Å². The van der Waals surface area contributed by atoms with Crippen molar-refractivity contribution in [3.8, 4) is 0 Å². The molecule has 0 fully saturated rings. The van der Waals surface area contributed by atoms with E-state index >= 15 is 0 Å². The van der Waals surface area contributed by atoms with Crippen molar-refractivity contribution in [1.82, 2.24) is 0 Å². The van der Waals surface area contributed by atoms with Crippen LogP contribution in [0.5, 0.6) is 0 Å². The smallest absolute Gasteiger partial charge is 0.375 e. The van der Waals surface area contributed by atoms with Crippen LogP contribution in [0.15, 0.2) is 52.9 Å². The SMILES string of the molecule is COCc1c(C(=O)OCC(=O)Nc2ccc(C(=O)OC)cc2)oc2ccccc12. The normalized spacial score (nSPS) is 10.6. The van der Waals surface area contributed by atoms with Crippen LogP contribution in [0.2, 0.25) is 0 Å². The monoisotopic (exact) mass is 397 g/mol. The number of carbonyl (C=O) groups is 3. The maximum atomic E-state index is 12.4. The summed E-state index contributed by atoms with van der Waals surface area (Å²) in [5.74, 6) is -1.77. The van der Waals surface area contributed by atoms with E-state index < -0.39 is 24.5 Å². The van der Waals surface area contributed by atoms with Crippen LogP contribution in [0.3, 0.4) is 0 Å². The number of esters is 2. The number of hydrogen-bond acceptors (Lipinski definition) is 7. The van der Waals surface area contributed by atoms with Crippen LogP contribution >= 0.6 is 0 Å². The maximum absolute atomic E-state index is 12.4. The highest BCUT2D eigenvalue weighted by Crippen LogP contribution is 2.27. The first-order chi connectivity index (χ1) is 14.0. The molecule has 1 aromatic heterocycles. The molecular weight excluding hydrogens is 378 g/mol. The van der Waals surface area contributed by atoms with Crippen LogP contribution < -0.4 is 5.32 Å². The average molecular weight is 397 g/mol. The average Bonchev–Trinajstić information content (AvgIpc) is 3.11. The molecular formula is C21H19NO7. The van der Waals surface area contributed by atoms with E-state index in [1.807, 2.05) is 12.1 Å². The Hall–Kier alpha value is -3.65. The first kappa shape index (κ1) is 20.1. The van der Waals surface area contributed by atoms with Gasteiger partial charge in [0, 0.05) is 23.7 Å². The zero-order valence-corrected chi connectivity index (χ0v) is 15.9. The van der Waals surface area contributed by atoms with Gasteiger partial charge in [0.2, 0.25) is 5.76 Å². The lowest BCUT2D eigenvalue weighted by molar-refractivity contribution is -0.119. The molecule has 1 heterocycles. The van der Waals surface area contributed by atoms with E-state index in [1.165, 1.54) is 26.4 Å². The van der Waals surface area contributed by atoms with Gasteiger partial charge < -0.3 is 23.9 Å². The molecule has 3 aromatic rings. The van der Waals surface area contributed by atoms with Gasteiger partial charge in [-0.3, -0.25) is 4.79 Å². The second-order valence-electron chi connectivity index (χ2n) is 6.03. The zero-order chi connectivity index (χ0) is 20.8. The fourth-order valence-electron chi connectivity index (χ4n) is 2.75. The fourth-order valence-corrected chi connectivity index (χ4v) is 2.75. The number of anilines is 1. The third kappa shape index (κ3) is 4.61. The summed E-state index contributed by atoms with van der Waals surface area (Å²) in [5.41, 5.74) is 1.89. The predicted molar refractivity (Wildman–Crippen MR) is 104 cm³/mol. The molecule has 0 saturated carbocycles. The number of ether oxygens (including phenoxy) is 3. The molecule has 0 aliphatic rings. The summed E-state index contributed by atoms with van der Waals surface area (Å²) in [4.78, 5) is 35.9. The second kappa shape index (κ2) is 9.03. The van der Waals surface area contributed by atoms with E-state index in [1.54, 1.807) is 24.3 Å². The van der Waals surface area contributed by atoms with Crippen molar-refractivity contribution in [2.24, 2.45) is 0 Å². The molecule has 1 amide bonds. The summed E-state index contributed by atoms with van der Waals surface area (Å²) in [5, 5.41) is 3.32. The van der Waals surface area contributed by atoms with E-state index in [0.29, 0.717) is 22.4 Å². The van der Waals surface area contributed by atoms with Crippen molar-refractivity contribution in [3.63, 3.8) is 0 Å². The standard InChI is InChI=1S/C21H19NO7/c1-26-11-16-15-5-3-4-6-17(15)29-19(16)21(25)28-12-18(23)22-14-9-7-13(8-10-14)20(24)27-2/h3-10H,11-12H2,1-2H3,(H,22,23). The van der Waals surface area contributed by atoms with Crippen LogP contribution in [0.25, 0.3) is 11.0 Å². The highest BCUT2D eigenvalue weighted by Gasteiger charge is 2.22. The summed E-state index contributed by atoms with van der Waals surface area (Å²) in [6.07, 6.45) is 0. The Morgan fingerprint density at radius 3 is 2.38 bits per heavy atom. The lowest BCUT2D eigenvalue weighted by Gasteiger charge is -2.07. The van der Waals surface area contributed by atoms with E-state index in [0.717, 1.165) is 5.39 Å². The summed E-state index contributed by atoms with van der Waals surface area (Å²) >= 11 is 0. The number of carbonyl (C=O) groups excluding carboxylic acids is 3. The number of methoxy groups -OCH3 is 2. The topological polar surface area (TPSA) is 104 Å². The minimum Gasteiger partial charge on any atom is -0.465 e. The van der Waals surface area contributed by atoms with Crippen LogP contribution in [-0.4, -0.2) is 38.7 Å². The van der Waals surface area contributed by atoms with Crippen molar-refractivity contribution in [1.29, 1.82) is 0 Å². The largest absolute Gasteiger partial charge is 0.465 e. The van der Waals surface area contributed by atoms with Crippen LogP contribution in [-0.2, 0) is 25.6 Å². The minimum absolute atomic E-state index is 0.00304. The van der Waals surface area contributed by atoms with Crippen LogP contribution in [0.1, 0.15) is 26.5 Å². The molecule has 29 heavy (non-hydrogen) atoms. The summed E-state index contributed by atoms with van der Waals surface area (Å²) in [7, 11) is 2.79. The van der Waals surface area contributed by atoms with Gasteiger partial charge in [-0.2, -0.15) is 0 Å². The van der Waals surface area contributed by atoms with Gasteiger partial charge in [-0.1, -0.05) is 18.2 Å². The van der Waals surface area contributed by atoms with Crippen molar-refractivity contribution in [2.75, 3.05) is 26.1 Å². The number of hydrogen-bond donors (Lipinski definition) is 1. The molecule has 0 radical (unpaired) electrons. The number of furan rings is 1. The van der Waals surface area contributed by atoms with E-state index in [-0.39, 0.29) is 12.4 Å². The number of fused-ring (bicyclic) bond motifs is 1. The minimum atomic E-state index is -0.760. The first-order valence-electron chi connectivity index (χ1n) is 8.68. The van der Waals surface area contributed by atoms with E-state index in [9.17, 15) is 14.4 Å². The molecule has 0 spiro atoms. The summed E-state index contributed by atoms with van der Waals surface area (Å²) < 4.78 is 20.4. The molecule has 2 aromatic carbocycles. The number of para-hydroxylation sites is 1. The van der Waals surface area contributed by atoms with Gasteiger partial charge in [-0.15, -0.1) is 0 Å². The van der Waals surface area contributed by atoms with E-state index in [4.69, 9.17) is 13.9 Å². The van der Waals surface area contributed by atoms with Crippen LogP contribution in [0.4, 0.5) is 5.69 Å². The fraction of sp³-hybridized carbons (Fsp3) is 0.190. The molecule has 8 nitrogen and oxygen atoms in total. The molecule has 0 atom stereocenters. The molecule has 0 saturated heterocycles. The van der Waals surface area contributed by atoms with Gasteiger partial charge in [0.25, 0.3) is 5.91 Å². The number of rotatable bonds is 7. The Labute approximate surface area is 166 Å². The second-order valence-corrected chi connectivity index (χ2v) is 6.03. The highest BCUT2D eigenvalue weighted by molar-refractivity contribution is 5.98. The lowest BCUT2D eigenvalue weighted by atomic mass is 10.1. The zero-order valence-electron chi connectivity index (χ0n) is 15.9. The van der Waals surface area contributed by atoms with Crippen molar-refractivity contribution >= 4 is 34.5 Å². The van der Waals surface area contributed by atoms with Crippen molar-refractivity contribution in [3.05, 3.63) is 65.4 Å². The molecule has 0 aliphatic carbocycles. The molecule has 0 aliphatic heterocycles. The quantitative estimate of drug-likeness (QED) is 0.611. The molecule has 8 heteroatoms. The number of benzene rings is 2.